The van der Waals surface area contributed by atoms with Gasteiger partial charge in [-0.3, -0.25) is 14.9 Å². The number of anilines is 1. The summed E-state index contributed by atoms with van der Waals surface area (Å²) in [5, 5.41) is 22.8. The molecule has 0 aliphatic heterocycles. The van der Waals surface area contributed by atoms with Crippen LogP contribution in [0.25, 0.3) is 11.1 Å². The maximum absolute atomic E-state index is 12.6. The van der Waals surface area contributed by atoms with Crippen LogP contribution in [0.2, 0.25) is 0 Å². The summed E-state index contributed by atoms with van der Waals surface area (Å²) in [7, 11) is 1.55. The van der Waals surface area contributed by atoms with Crippen LogP contribution in [0.5, 0.6) is 11.5 Å². The predicted molar refractivity (Wildman–Crippen MR) is 115 cm³/mol. The molecule has 0 aromatic heterocycles. The summed E-state index contributed by atoms with van der Waals surface area (Å²) in [6, 6.07) is 19.6. The van der Waals surface area contributed by atoms with Gasteiger partial charge in [0.1, 0.15) is 11.5 Å². The molecule has 0 bridgehead atoms. The molecule has 3 rings (SSSR count). The molecule has 0 saturated heterocycles. The third-order valence-corrected chi connectivity index (χ3v) is 4.53. The summed E-state index contributed by atoms with van der Waals surface area (Å²) in [4.78, 5) is 23.3. The molecule has 3 aromatic rings. The number of hydrogen-bond acceptors (Lipinski definition) is 6. The Morgan fingerprint density at radius 2 is 1.77 bits per heavy atom. The number of rotatable bonds is 7. The van der Waals surface area contributed by atoms with Crippen molar-refractivity contribution < 1.29 is 19.2 Å². The minimum absolute atomic E-state index is 0.0899. The summed E-state index contributed by atoms with van der Waals surface area (Å²) in [6.07, 6.45) is -0.880. The van der Waals surface area contributed by atoms with Crippen LogP contribution in [-0.4, -0.2) is 24.0 Å². The highest BCUT2D eigenvalue weighted by molar-refractivity contribution is 5.94. The number of nitrogens with zero attached hydrogens (tertiary/aromatic N) is 2. The zero-order valence-corrected chi connectivity index (χ0v) is 16.9. The largest absolute Gasteiger partial charge is 0.497 e. The lowest BCUT2D eigenvalue weighted by atomic mass is 10.0. The second kappa shape index (κ2) is 9.41. The fourth-order valence-corrected chi connectivity index (χ4v) is 2.85. The molecule has 1 atom stereocenters. The van der Waals surface area contributed by atoms with Gasteiger partial charge in [0, 0.05) is 23.4 Å². The number of nitrogens with one attached hydrogen (secondary N) is 1. The number of hydrogen-bond donors (Lipinski definition) is 1. The van der Waals surface area contributed by atoms with E-state index in [0.29, 0.717) is 33.9 Å². The number of carbonyl (C=O) groups excluding carboxylic acids is 1. The van der Waals surface area contributed by atoms with E-state index in [2.05, 4.69) is 5.32 Å². The van der Waals surface area contributed by atoms with Gasteiger partial charge in [0.05, 0.1) is 23.7 Å². The van der Waals surface area contributed by atoms with Crippen LogP contribution in [0.3, 0.4) is 0 Å². The van der Waals surface area contributed by atoms with Gasteiger partial charge < -0.3 is 14.8 Å². The van der Waals surface area contributed by atoms with E-state index in [1.807, 2.05) is 6.07 Å². The van der Waals surface area contributed by atoms with Crippen molar-refractivity contribution in [1.29, 1.82) is 5.26 Å². The van der Waals surface area contributed by atoms with Gasteiger partial charge in [-0.1, -0.05) is 12.1 Å². The van der Waals surface area contributed by atoms with Crippen LogP contribution in [0.1, 0.15) is 12.5 Å². The average molecular weight is 417 g/mol. The molecule has 8 heteroatoms. The van der Waals surface area contributed by atoms with Gasteiger partial charge in [-0.2, -0.15) is 5.26 Å². The molecule has 0 aliphatic rings. The molecular weight excluding hydrogens is 398 g/mol. The van der Waals surface area contributed by atoms with Crippen molar-refractivity contribution in [3.05, 3.63) is 82.4 Å². The van der Waals surface area contributed by atoms with Crippen molar-refractivity contribution in [1.82, 2.24) is 0 Å². The minimum Gasteiger partial charge on any atom is -0.497 e. The molecule has 156 valence electrons. The molecule has 8 nitrogen and oxygen atoms in total. The van der Waals surface area contributed by atoms with Crippen molar-refractivity contribution in [2.45, 2.75) is 13.0 Å². The van der Waals surface area contributed by atoms with Crippen LogP contribution in [0.4, 0.5) is 11.4 Å². The zero-order valence-electron chi connectivity index (χ0n) is 16.9. The third-order valence-electron chi connectivity index (χ3n) is 4.53. The molecular formula is C23H19N3O5. The molecule has 3 aromatic carbocycles. The van der Waals surface area contributed by atoms with E-state index >= 15 is 0 Å². The van der Waals surface area contributed by atoms with Gasteiger partial charge in [-0.15, -0.1) is 0 Å². The normalized spacial score (nSPS) is 11.1. The van der Waals surface area contributed by atoms with Crippen LogP contribution in [0, 0.1) is 21.4 Å². The first-order chi connectivity index (χ1) is 14.9. The van der Waals surface area contributed by atoms with E-state index in [-0.39, 0.29) is 5.69 Å². The Morgan fingerprint density at radius 1 is 1.10 bits per heavy atom. The number of ether oxygens (including phenoxy) is 2. The van der Waals surface area contributed by atoms with Gasteiger partial charge >= 0.3 is 0 Å². The molecule has 0 heterocycles. The zero-order chi connectivity index (χ0) is 22.4. The van der Waals surface area contributed by atoms with Crippen LogP contribution in [0.15, 0.2) is 66.7 Å². The Labute approximate surface area is 178 Å². The number of nitriles is 1. The fraction of sp³-hybridized carbons (Fsp3) is 0.130. The lowest BCUT2D eigenvalue weighted by Gasteiger charge is -2.17. The Bertz CT molecular complexity index is 1140. The number of methoxy groups -OCH3 is 1. The van der Waals surface area contributed by atoms with Crippen molar-refractivity contribution in [2.24, 2.45) is 0 Å². The summed E-state index contributed by atoms with van der Waals surface area (Å²) >= 11 is 0. The van der Waals surface area contributed by atoms with E-state index in [1.165, 1.54) is 18.2 Å². The van der Waals surface area contributed by atoms with Crippen molar-refractivity contribution in [3.63, 3.8) is 0 Å². The van der Waals surface area contributed by atoms with Crippen LogP contribution >= 0.6 is 0 Å². The topological polar surface area (TPSA) is 114 Å². The fourth-order valence-electron chi connectivity index (χ4n) is 2.85. The summed E-state index contributed by atoms with van der Waals surface area (Å²) in [5.74, 6) is 0.578. The van der Waals surface area contributed by atoms with Crippen molar-refractivity contribution in [2.75, 3.05) is 12.4 Å². The number of non-ortho nitro benzene ring substituents is 1. The molecule has 0 fully saturated rings. The van der Waals surface area contributed by atoms with Gasteiger partial charge in [-0.05, 0) is 55.0 Å². The van der Waals surface area contributed by atoms with E-state index in [0.717, 1.165) is 0 Å². The summed E-state index contributed by atoms with van der Waals surface area (Å²) < 4.78 is 11.0. The first kappa shape index (κ1) is 21.3. The number of benzene rings is 3. The van der Waals surface area contributed by atoms with Gasteiger partial charge in [0.2, 0.25) is 0 Å². The minimum atomic E-state index is -0.880. The molecule has 1 N–H and O–H groups in total. The van der Waals surface area contributed by atoms with Gasteiger partial charge in [0.25, 0.3) is 11.6 Å². The highest BCUT2D eigenvalue weighted by Crippen LogP contribution is 2.35. The SMILES string of the molecule is COc1ccc(-c2cc([N+](=O)[O-])ccc2O[C@@H](C)C(=O)Nc2ccc(C#N)cc2)cc1. The Kier molecular flexibility index (Phi) is 6.48. The average Bonchev–Trinajstić information content (AvgIpc) is 2.79. The number of nitro groups is 1. The second-order valence-electron chi connectivity index (χ2n) is 6.60. The smallest absolute Gasteiger partial charge is 0.270 e. The molecule has 0 spiro atoms. The molecule has 0 saturated carbocycles. The number of nitro benzene ring substituents is 1. The molecule has 0 aliphatic carbocycles. The standard InChI is InChI=1S/C23H19N3O5/c1-15(23(27)25-18-7-3-16(14-24)4-8-18)31-22-12-9-19(26(28)29)13-21(22)17-5-10-20(30-2)11-6-17/h3-13,15H,1-2H3,(H,25,27)/t15-/m0/s1. The third kappa shape index (κ3) is 5.16. The monoisotopic (exact) mass is 417 g/mol. The van der Waals surface area contributed by atoms with E-state index < -0.39 is 16.9 Å². The lowest BCUT2D eigenvalue weighted by molar-refractivity contribution is -0.384. The Morgan fingerprint density at radius 3 is 2.35 bits per heavy atom. The van der Waals surface area contributed by atoms with Crippen LogP contribution < -0.4 is 14.8 Å². The lowest BCUT2D eigenvalue weighted by Crippen LogP contribution is -2.30. The predicted octanol–water partition coefficient (Wildman–Crippen LogP) is 4.55. The quantitative estimate of drug-likeness (QED) is 0.446. The summed E-state index contributed by atoms with van der Waals surface area (Å²) in [5.41, 5.74) is 2.08. The molecule has 0 radical (unpaired) electrons. The first-order valence-electron chi connectivity index (χ1n) is 9.32. The molecule has 31 heavy (non-hydrogen) atoms. The van der Waals surface area contributed by atoms with E-state index in [9.17, 15) is 14.9 Å². The highest BCUT2D eigenvalue weighted by Gasteiger charge is 2.19. The van der Waals surface area contributed by atoms with Crippen molar-refractivity contribution in [3.8, 4) is 28.7 Å². The van der Waals surface area contributed by atoms with E-state index in [1.54, 1.807) is 62.6 Å². The molecule has 0 unspecified atom stereocenters. The Hall–Kier alpha value is -4.38. The van der Waals surface area contributed by atoms with Gasteiger partial charge in [-0.25, -0.2) is 0 Å². The summed E-state index contributed by atoms with van der Waals surface area (Å²) in [6.45, 7) is 1.58. The van der Waals surface area contributed by atoms with Gasteiger partial charge in [0.15, 0.2) is 6.10 Å². The maximum Gasteiger partial charge on any atom is 0.270 e. The highest BCUT2D eigenvalue weighted by atomic mass is 16.6. The van der Waals surface area contributed by atoms with Crippen LogP contribution in [-0.2, 0) is 4.79 Å². The second-order valence-corrected chi connectivity index (χ2v) is 6.60. The first-order valence-corrected chi connectivity index (χ1v) is 9.32. The Balaban J connectivity index is 1.84. The maximum atomic E-state index is 12.6. The van der Waals surface area contributed by atoms with E-state index in [4.69, 9.17) is 14.7 Å². The molecule has 1 amide bonds. The van der Waals surface area contributed by atoms with Crippen molar-refractivity contribution >= 4 is 17.3 Å². The number of amides is 1. The number of carbonyl (C=O) groups is 1.